The van der Waals surface area contributed by atoms with E-state index in [1.165, 1.54) is 12.1 Å². The standard InChI is InChI=1S/C20H18N2O4/c1-12-9-13(2)19(14(3)10-12)21-20(23)18-8-7-17(26-18)15-5-4-6-16(11-15)22(24)25/h4-11H,1-3H3,(H,21,23). The largest absolute Gasteiger partial charge is 0.451 e. The molecule has 0 saturated carbocycles. The van der Waals surface area contributed by atoms with Gasteiger partial charge in [0.05, 0.1) is 4.92 Å². The van der Waals surface area contributed by atoms with Crippen molar-refractivity contribution in [2.45, 2.75) is 20.8 Å². The van der Waals surface area contributed by atoms with Gasteiger partial charge in [0.1, 0.15) is 5.76 Å². The molecule has 0 aliphatic carbocycles. The third kappa shape index (κ3) is 3.49. The highest BCUT2D eigenvalue weighted by Gasteiger charge is 2.16. The molecule has 6 nitrogen and oxygen atoms in total. The number of carbonyl (C=O) groups is 1. The summed E-state index contributed by atoms with van der Waals surface area (Å²) in [6.07, 6.45) is 0. The number of nitrogens with one attached hydrogen (secondary N) is 1. The number of nitro groups is 1. The Morgan fingerprint density at radius 2 is 1.73 bits per heavy atom. The molecule has 0 bridgehead atoms. The summed E-state index contributed by atoms with van der Waals surface area (Å²) in [5.41, 5.74) is 4.34. The van der Waals surface area contributed by atoms with Gasteiger partial charge in [0.2, 0.25) is 0 Å². The Balaban J connectivity index is 1.85. The molecule has 0 unspecified atom stereocenters. The minimum absolute atomic E-state index is 0.0317. The van der Waals surface area contributed by atoms with E-state index >= 15 is 0 Å². The molecule has 1 heterocycles. The highest BCUT2D eigenvalue weighted by molar-refractivity contribution is 6.03. The van der Waals surface area contributed by atoms with Crippen molar-refractivity contribution in [3.05, 3.63) is 81.1 Å². The number of hydrogen-bond donors (Lipinski definition) is 1. The van der Waals surface area contributed by atoms with Gasteiger partial charge in [-0.25, -0.2) is 0 Å². The Kier molecular flexibility index (Phi) is 4.58. The lowest BCUT2D eigenvalue weighted by Gasteiger charge is -2.11. The van der Waals surface area contributed by atoms with Gasteiger partial charge in [0.15, 0.2) is 5.76 Å². The van der Waals surface area contributed by atoms with Crippen molar-refractivity contribution in [2.24, 2.45) is 0 Å². The predicted molar refractivity (Wildman–Crippen MR) is 99.4 cm³/mol. The zero-order valence-corrected chi connectivity index (χ0v) is 14.7. The average Bonchev–Trinajstić information content (AvgIpc) is 3.08. The fraction of sp³-hybridized carbons (Fsp3) is 0.150. The van der Waals surface area contributed by atoms with Gasteiger partial charge in [-0.3, -0.25) is 14.9 Å². The van der Waals surface area contributed by atoms with Crippen LogP contribution in [0.2, 0.25) is 0 Å². The number of nitrogens with zero attached hydrogens (tertiary/aromatic N) is 1. The zero-order valence-electron chi connectivity index (χ0n) is 14.7. The van der Waals surface area contributed by atoms with Crippen LogP contribution in [0.1, 0.15) is 27.2 Å². The topological polar surface area (TPSA) is 85.4 Å². The molecule has 0 saturated heterocycles. The summed E-state index contributed by atoms with van der Waals surface area (Å²) in [4.78, 5) is 22.9. The molecule has 26 heavy (non-hydrogen) atoms. The van der Waals surface area contributed by atoms with Gasteiger partial charge in [-0.1, -0.05) is 29.8 Å². The van der Waals surface area contributed by atoms with Crippen LogP contribution in [-0.4, -0.2) is 10.8 Å². The van der Waals surface area contributed by atoms with Crippen LogP contribution in [0.15, 0.2) is 52.9 Å². The fourth-order valence-corrected chi connectivity index (χ4v) is 2.94. The first-order valence-corrected chi connectivity index (χ1v) is 8.09. The summed E-state index contributed by atoms with van der Waals surface area (Å²) in [7, 11) is 0. The lowest BCUT2D eigenvalue weighted by atomic mass is 10.1. The molecule has 1 amide bonds. The third-order valence-corrected chi connectivity index (χ3v) is 4.09. The molecule has 0 spiro atoms. The Bertz CT molecular complexity index is 982. The van der Waals surface area contributed by atoms with E-state index in [4.69, 9.17) is 4.42 Å². The second-order valence-corrected chi connectivity index (χ2v) is 6.20. The lowest BCUT2D eigenvalue weighted by molar-refractivity contribution is -0.384. The van der Waals surface area contributed by atoms with E-state index in [0.29, 0.717) is 11.3 Å². The van der Waals surface area contributed by atoms with Crippen LogP contribution in [0.5, 0.6) is 0 Å². The predicted octanol–water partition coefficient (Wildman–Crippen LogP) is 5.03. The molecular weight excluding hydrogens is 332 g/mol. The minimum atomic E-state index is -0.469. The van der Waals surface area contributed by atoms with E-state index < -0.39 is 4.92 Å². The van der Waals surface area contributed by atoms with Crippen LogP contribution in [0.25, 0.3) is 11.3 Å². The number of rotatable bonds is 4. The summed E-state index contributed by atoms with van der Waals surface area (Å²) < 4.78 is 5.61. The molecule has 0 atom stereocenters. The Labute approximate surface area is 150 Å². The number of aryl methyl sites for hydroxylation is 3. The van der Waals surface area contributed by atoms with Crippen LogP contribution in [0.4, 0.5) is 11.4 Å². The first-order valence-electron chi connectivity index (χ1n) is 8.09. The van der Waals surface area contributed by atoms with Crippen LogP contribution in [0, 0.1) is 30.9 Å². The van der Waals surface area contributed by atoms with Gasteiger partial charge in [-0.15, -0.1) is 0 Å². The maximum Gasteiger partial charge on any atom is 0.291 e. The molecular formula is C20H18N2O4. The smallest absolute Gasteiger partial charge is 0.291 e. The molecule has 0 aliphatic heterocycles. The summed E-state index contributed by atoms with van der Waals surface area (Å²) in [5.74, 6) is 0.179. The van der Waals surface area contributed by atoms with Crippen LogP contribution >= 0.6 is 0 Å². The molecule has 1 aromatic heterocycles. The van der Waals surface area contributed by atoms with Gasteiger partial charge in [-0.2, -0.15) is 0 Å². The highest BCUT2D eigenvalue weighted by Crippen LogP contribution is 2.27. The second-order valence-electron chi connectivity index (χ2n) is 6.20. The average molecular weight is 350 g/mol. The second kappa shape index (κ2) is 6.84. The summed E-state index contributed by atoms with van der Waals surface area (Å²) in [6.45, 7) is 5.88. The number of anilines is 1. The van der Waals surface area contributed by atoms with E-state index in [0.717, 1.165) is 22.4 Å². The van der Waals surface area contributed by atoms with E-state index in [9.17, 15) is 14.9 Å². The van der Waals surface area contributed by atoms with Crippen LogP contribution < -0.4 is 5.32 Å². The fourth-order valence-electron chi connectivity index (χ4n) is 2.94. The van der Waals surface area contributed by atoms with Gasteiger partial charge >= 0.3 is 0 Å². The highest BCUT2D eigenvalue weighted by atomic mass is 16.6. The Hall–Kier alpha value is -3.41. The van der Waals surface area contributed by atoms with Gasteiger partial charge in [0.25, 0.3) is 11.6 Å². The van der Waals surface area contributed by atoms with Gasteiger partial charge < -0.3 is 9.73 Å². The molecule has 132 valence electrons. The number of carbonyl (C=O) groups excluding carboxylic acids is 1. The van der Waals surface area contributed by atoms with Crippen LogP contribution in [-0.2, 0) is 0 Å². The quantitative estimate of drug-likeness (QED) is 0.528. The van der Waals surface area contributed by atoms with Crippen molar-refractivity contribution in [1.29, 1.82) is 0 Å². The molecule has 3 aromatic rings. The summed E-state index contributed by atoms with van der Waals surface area (Å²) in [5, 5.41) is 13.8. The minimum Gasteiger partial charge on any atom is -0.451 e. The number of benzene rings is 2. The molecule has 0 aliphatic rings. The van der Waals surface area contributed by atoms with E-state index in [1.807, 2.05) is 32.9 Å². The first kappa shape index (κ1) is 17.4. The molecule has 1 N–H and O–H groups in total. The van der Waals surface area contributed by atoms with E-state index in [-0.39, 0.29) is 17.4 Å². The number of furan rings is 1. The van der Waals surface area contributed by atoms with Crippen molar-refractivity contribution >= 4 is 17.3 Å². The molecule has 0 fully saturated rings. The van der Waals surface area contributed by atoms with Crippen molar-refractivity contribution in [2.75, 3.05) is 5.32 Å². The Morgan fingerprint density at radius 1 is 1.04 bits per heavy atom. The van der Waals surface area contributed by atoms with E-state index in [1.54, 1.807) is 24.3 Å². The van der Waals surface area contributed by atoms with E-state index in [2.05, 4.69) is 5.32 Å². The monoisotopic (exact) mass is 350 g/mol. The van der Waals surface area contributed by atoms with Crippen molar-refractivity contribution < 1.29 is 14.1 Å². The maximum absolute atomic E-state index is 12.5. The zero-order chi connectivity index (χ0) is 18.8. The summed E-state index contributed by atoms with van der Waals surface area (Å²) in [6, 6.07) is 13.3. The number of nitro benzene ring substituents is 1. The SMILES string of the molecule is Cc1cc(C)c(NC(=O)c2ccc(-c3cccc([N+](=O)[O-])c3)o2)c(C)c1. The Morgan fingerprint density at radius 3 is 2.38 bits per heavy atom. The number of amides is 1. The summed E-state index contributed by atoms with van der Waals surface area (Å²) >= 11 is 0. The normalized spacial score (nSPS) is 10.6. The number of non-ortho nitro benzene ring substituents is 1. The van der Waals surface area contributed by atoms with Gasteiger partial charge in [0, 0.05) is 23.4 Å². The molecule has 6 heteroatoms. The number of hydrogen-bond acceptors (Lipinski definition) is 4. The van der Waals surface area contributed by atoms with Gasteiger partial charge in [-0.05, 0) is 44.0 Å². The molecule has 2 aromatic carbocycles. The van der Waals surface area contributed by atoms with Crippen molar-refractivity contribution in [3.8, 4) is 11.3 Å². The molecule has 0 radical (unpaired) electrons. The maximum atomic E-state index is 12.5. The van der Waals surface area contributed by atoms with Crippen LogP contribution in [0.3, 0.4) is 0 Å². The molecule has 3 rings (SSSR count). The third-order valence-electron chi connectivity index (χ3n) is 4.09. The lowest BCUT2D eigenvalue weighted by Crippen LogP contribution is -2.13. The van der Waals surface area contributed by atoms with Crippen molar-refractivity contribution in [3.63, 3.8) is 0 Å². The first-order chi connectivity index (χ1) is 12.3. The van der Waals surface area contributed by atoms with Crippen molar-refractivity contribution in [1.82, 2.24) is 0 Å².